The number of aromatic nitrogens is 2. The molecule has 0 bridgehead atoms. The third-order valence-corrected chi connectivity index (χ3v) is 2.62. The molecule has 7 heteroatoms. The second-order valence-electron chi connectivity index (χ2n) is 3.92. The second kappa shape index (κ2) is 4.84. The van der Waals surface area contributed by atoms with Gasteiger partial charge in [0.15, 0.2) is 5.69 Å². The zero-order valence-electron chi connectivity index (χ0n) is 10.1. The summed E-state index contributed by atoms with van der Waals surface area (Å²) in [5, 5.41) is 12.4. The summed E-state index contributed by atoms with van der Waals surface area (Å²) in [5.41, 5.74) is -1.82. The van der Waals surface area contributed by atoms with Crippen LogP contribution in [0.5, 0.6) is 0 Å². The van der Waals surface area contributed by atoms with Crippen LogP contribution < -0.4 is 0 Å². The van der Waals surface area contributed by atoms with Gasteiger partial charge in [-0.15, -0.1) is 0 Å². The zero-order valence-corrected chi connectivity index (χ0v) is 10.1. The largest absolute Gasteiger partial charge is 0.478 e. The lowest BCUT2D eigenvalue weighted by molar-refractivity contribution is 0.0431. The van der Waals surface area contributed by atoms with Crippen molar-refractivity contribution in [2.24, 2.45) is 0 Å². The van der Waals surface area contributed by atoms with Crippen molar-refractivity contribution in [3.8, 4) is 5.69 Å². The van der Waals surface area contributed by atoms with Gasteiger partial charge in [0, 0.05) is 6.20 Å². The van der Waals surface area contributed by atoms with Crippen molar-refractivity contribution in [2.45, 2.75) is 5.92 Å². The first-order valence-corrected chi connectivity index (χ1v) is 5.46. The Morgan fingerprint density at radius 2 is 2.05 bits per heavy atom. The fraction of sp³-hybridized carbons (Fsp3) is 0.0769. The van der Waals surface area contributed by atoms with Gasteiger partial charge in [0.25, 0.3) is 0 Å². The molecule has 0 saturated heterocycles. The normalized spacial score (nSPS) is 11.3. The number of hydrogen-bond donors (Lipinski definition) is 1. The van der Waals surface area contributed by atoms with Gasteiger partial charge in [0.2, 0.25) is 0 Å². The average molecular weight is 282 g/mol. The van der Waals surface area contributed by atoms with E-state index in [1.807, 2.05) is 0 Å². The Morgan fingerprint density at radius 3 is 2.60 bits per heavy atom. The molecule has 1 aromatic carbocycles. The molecule has 0 amide bonds. The minimum Gasteiger partial charge on any atom is -0.478 e. The molecule has 0 radical (unpaired) electrons. The van der Waals surface area contributed by atoms with E-state index in [9.17, 15) is 18.0 Å². The van der Waals surface area contributed by atoms with Gasteiger partial charge in [0.1, 0.15) is 17.1 Å². The molecule has 0 aliphatic rings. The van der Waals surface area contributed by atoms with E-state index in [0.29, 0.717) is 0 Å². The molecule has 2 rings (SSSR count). The van der Waals surface area contributed by atoms with Crippen LogP contribution in [0.25, 0.3) is 5.69 Å². The summed E-state index contributed by atoms with van der Waals surface area (Å²) in [6.07, 6.45) is 1.13. The van der Waals surface area contributed by atoms with E-state index in [-0.39, 0.29) is 11.8 Å². The van der Waals surface area contributed by atoms with E-state index in [2.05, 4.69) is 11.7 Å². The molecule has 104 valence electrons. The fourth-order valence-corrected chi connectivity index (χ4v) is 1.63. The lowest BCUT2D eigenvalue weighted by Gasteiger charge is -2.08. The van der Waals surface area contributed by atoms with Crippen molar-refractivity contribution < 1.29 is 23.1 Å². The highest BCUT2D eigenvalue weighted by molar-refractivity contribution is 5.89. The third kappa shape index (κ3) is 2.29. The van der Waals surface area contributed by atoms with Crippen LogP contribution in [-0.4, -0.2) is 20.9 Å². The smallest absolute Gasteiger partial charge is 0.339 e. The Labute approximate surface area is 111 Å². The van der Waals surface area contributed by atoms with E-state index >= 15 is 0 Å². The summed E-state index contributed by atoms with van der Waals surface area (Å²) >= 11 is 0. The number of carboxylic acid groups (broad SMARTS) is 1. The maximum atomic E-state index is 13.6. The van der Waals surface area contributed by atoms with E-state index in [4.69, 9.17) is 5.11 Å². The molecular weight excluding hydrogens is 273 g/mol. The van der Waals surface area contributed by atoms with Crippen molar-refractivity contribution in [1.29, 1.82) is 0 Å². The predicted molar refractivity (Wildman–Crippen MR) is 64.6 cm³/mol. The van der Waals surface area contributed by atoms with Gasteiger partial charge in [-0.25, -0.2) is 13.9 Å². The number of benzene rings is 1. The zero-order chi connectivity index (χ0) is 14.9. The highest BCUT2D eigenvalue weighted by atomic mass is 19.3. The molecule has 0 fully saturated rings. The van der Waals surface area contributed by atoms with Crippen LogP contribution in [0.3, 0.4) is 0 Å². The number of nitrogens with zero attached hydrogens (tertiary/aromatic N) is 2. The van der Waals surface area contributed by atoms with Gasteiger partial charge in [-0.05, 0) is 18.2 Å². The minimum absolute atomic E-state index is 0.124. The topological polar surface area (TPSA) is 55.1 Å². The second-order valence-corrected chi connectivity index (χ2v) is 3.92. The summed E-state index contributed by atoms with van der Waals surface area (Å²) in [6.45, 7) is 2.94. The molecule has 1 N–H and O–H groups in total. The minimum atomic E-state index is -3.62. The Kier molecular flexibility index (Phi) is 3.35. The number of alkyl halides is 2. The highest BCUT2D eigenvalue weighted by Gasteiger charge is 2.36. The Bertz CT molecular complexity index is 680. The number of hydrogen-bond acceptors (Lipinski definition) is 2. The third-order valence-electron chi connectivity index (χ3n) is 2.62. The number of para-hydroxylation sites is 1. The van der Waals surface area contributed by atoms with Crippen molar-refractivity contribution >= 4 is 5.97 Å². The molecule has 0 spiro atoms. The highest BCUT2D eigenvalue weighted by Crippen LogP contribution is 2.31. The van der Waals surface area contributed by atoms with E-state index in [1.165, 1.54) is 18.2 Å². The van der Waals surface area contributed by atoms with Gasteiger partial charge >= 0.3 is 11.9 Å². The first kappa shape index (κ1) is 13.9. The molecule has 0 aliphatic heterocycles. The van der Waals surface area contributed by atoms with E-state index in [0.717, 1.165) is 16.9 Å². The average Bonchev–Trinajstić information content (AvgIpc) is 2.85. The fourth-order valence-electron chi connectivity index (χ4n) is 1.63. The molecule has 2 aromatic rings. The molecular formula is C13H9F3N2O2. The molecule has 0 aliphatic carbocycles. The molecule has 1 heterocycles. The first-order chi connectivity index (χ1) is 9.36. The molecule has 1 aromatic heterocycles. The van der Waals surface area contributed by atoms with Crippen LogP contribution in [0.1, 0.15) is 16.1 Å². The molecule has 0 atom stereocenters. The number of rotatable bonds is 4. The van der Waals surface area contributed by atoms with Gasteiger partial charge in [-0.1, -0.05) is 18.7 Å². The Balaban J connectivity index is 2.65. The van der Waals surface area contributed by atoms with E-state index in [1.54, 1.807) is 0 Å². The lowest BCUT2D eigenvalue weighted by Crippen LogP contribution is -2.15. The van der Waals surface area contributed by atoms with Gasteiger partial charge in [-0.3, -0.25) is 0 Å². The predicted octanol–water partition coefficient (Wildman–Crippen LogP) is 2.99. The van der Waals surface area contributed by atoms with Crippen LogP contribution in [-0.2, 0) is 5.92 Å². The number of aromatic carboxylic acids is 1. The SMILES string of the molecule is C=CC(F)(F)c1nn(-c2ccccc2F)cc1C(=O)O. The van der Waals surface area contributed by atoms with Crippen LogP contribution in [0.2, 0.25) is 0 Å². The molecule has 0 unspecified atom stereocenters. The summed E-state index contributed by atoms with van der Waals surface area (Å²) in [5.74, 6) is -5.91. The van der Waals surface area contributed by atoms with Crippen molar-refractivity contribution in [3.63, 3.8) is 0 Å². The summed E-state index contributed by atoms with van der Waals surface area (Å²) in [6, 6.07) is 5.30. The van der Waals surface area contributed by atoms with Gasteiger partial charge < -0.3 is 5.11 Å². The summed E-state index contributed by atoms with van der Waals surface area (Å²) in [4.78, 5) is 11.0. The number of carbonyl (C=O) groups is 1. The monoisotopic (exact) mass is 282 g/mol. The number of carboxylic acids is 1. The van der Waals surface area contributed by atoms with Crippen LogP contribution >= 0.6 is 0 Å². The van der Waals surface area contributed by atoms with Gasteiger partial charge in [0.05, 0.1) is 0 Å². The molecule has 0 saturated carbocycles. The molecule has 20 heavy (non-hydrogen) atoms. The number of allylic oxidation sites excluding steroid dienone is 1. The van der Waals surface area contributed by atoms with E-state index < -0.39 is 29.0 Å². The number of halogens is 3. The summed E-state index contributed by atoms with van der Waals surface area (Å²) in [7, 11) is 0. The van der Waals surface area contributed by atoms with Crippen LogP contribution in [0.4, 0.5) is 13.2 Å². The van der Waals surface area contributed by atoms with Gasteiger partial charge in [-0.2, -0.15) is 13.9 Å². The molecule has 4 nitrogen and oxygen atoms in total. The van der Waals surface area contributed by atoms with Crippen LogP contribution in [0, 0.1) is 5.82 Å². The maximum absolute atomic E-state index is 13.6. The van der Waals surface area contributed by atoms with Crippen LogP contribution in [0.15, 0.2) is 43.1 Å². The lowest BCUT2D eigenvalue weighted by atomic mass is 10.1. The Morgan fingerprint density at radius 1 is 1.40 bits per heavy atom. The van der Waals surface area contributed by atoms with Crippen molar-refractivity contribution in [1.82, 2.24) is 9.78 Å². The maximum Gasteiger partial charge on any atom is 0.339 e. The standard InChI is InChI=1S/C13H9F3N2O2/c1-2-13(15,16)11-8(12(19)20)7-18(17-11)10-6-4-3-5-9(10)14/h2-7H,1H2,(H,19,20). The Hall–Kier alpha value is -2.57. The van der Waals surface area contributed by atoms with Crippen molar-refractivity contribution in [3.05, 3.63) is 60.2 Å². The first-order valence-electron chi connectivity index (χ1n) is 5.46. The summed E-state index contributed by atoms with van der Waals surface area (Å²) < 4.78 is 41.5. The quantitative estimate of drug-likeness (QED) is 0.877. The van der Waals surface area contributed by atoms with Crippen molar-refractivity contribution in [2.75, 3.05) is 0 Å².